The van der Waals surface area contributed by atoms with Gasteiger partial charge < -0.3 is 10.3 Å². The highest BCUT2D eigenvalue weighted by Gasteiger charge is 2.30. The van der Waals surface area contributed by atoms with Crippen LogP contribution in [0.3, 0.4) is 0 Å². The molecule has 0 aliphatic carbocycles. The number of aromatic nitrogens is 2. The van der Waals surface area contributed by atoms with Gasteiger partial charge in [-0.2, -0.15) is 18.2 Å². The second-order valence-electron chi connectivity index (χ2n) is 3.77. The molecule has 0 radical (unpaired) electrons. The zero-order valence-corrected chi connectivity index (χ0v) is 8.92. The fourth-order valence-electron chi connectivity index (χ4n) is 1.22. The highest BCUT2D eigenvalue weighted by atomic mass is 19.4. The second-order valence-corrected chi connectivity index (χ2v) is 3.77. The Morgan fingerprint density at radius 1 is 1.44 bits per heavy atom. The minimum atomic E-state index is -4.30. The van der Waals surface area contributed by atoms with E-state index in [0.29, 0.717) is 6.42 Å². The smallest absolute Gasteiger partial charge is 0.339 e. The largest absolute Gasteiger partial charge is 0.396 e. The van der Waals surface area contributed by atoms with Gasteiger partial charge in [0.05, 0.1) is 0 Å². The first-order chi connectivity index (χ1) is 7.37. The van der Waals surface area contributed by atoms with E-state index in [1.54, 1.807) is 0 Å². The fraction of sp³-hybridized carbons (Fsp3) is 0.778. The van der Waals surface area contributed by atoms with Crippen molar-refractivity contribution >= 4 is 0 Å². The van der Waals surface area contributed by atoms with Crippen molar-refractivity contribution in [1.82, 2.24) is 10.1 Å². The van der Waals surface area contributed by atoms with Gasteiger partial charge in [-0.1, -0.05) is 5.16 Å². The SMILES string of the molecule is CC(N)CCCc1nc(CC(F)(F)F)no1. The molecule has 1 unspecified atom stereocenters. The van der Waals surface area contributed by atoms with E-state index in [2.05, 4.69) is 10.1 Å². The van der Waals surface area contributed by atoms with Crippen molar-refractivity contribution in [3.8, 4) is 0 Å². The van der Waals surface area contributed by atoms with Crippen LogP contribution in [0.15, 0.2) is 4.52 Å². The van der Waals surface area contributed by atoms with Crippen LogP contribution < -0.4 is 5.73 Å². The van der Waals surface area contributed by atoms with E-state index in [0.717, 1.165) is 12.8 Å². The number of nitrogens with two attached hydrogens (primary N) is 1. The molecule has 1 aromatic heterocycles. The van der Waals surface area contributed by atoms with Crippen molar-refractivity contribution < 1.29 is 17.7 Å². The number of hydrogen-bond acceptors (Lipinski definition) is 4. The standard InChI is InChI=1S/C9H14F3N3O/c1-6(13)3-2-4-8-14-7(15-16-8)5-9(10,11)12/h6H,2-5,13H2,1H3. The first-order valence-electron chi connectivity index (χ1n) is 5.00. The Hall–Kier alpha value is -1.11. The number of nitrogens with zero attached hydrogens (tertiary/aromatic N) is 2. The second kappa shape index (κ2) is 5.29. The molecule has 0 saturated heterocycles. The van der Waals surface area contributed by atoms with Crippen LogP contribution in [-0.2, 0) is 12.8 Å². The number of rotatable bonds is 5. The zero-order valence-electron chi connectivity index (χ0n) is 8.92. The Bertz CT molecular complexity index is 322. The molecular weight excluding hydrogens is 223 g/mol. The third-order valence-corrected chi connectivity index (χ3v) is 1.92. The number of alkyl halides is 3. The van der Waals surface area contributed by atoms with Crippen molar-refractivity contribution in [2.45, 2.75) is 44.8 Å². The van der Waals surface area contributed by atoms with Crippen molar-refractivity contribution in [2.24, 2.45) is 5.73 Å². The van der Waals surface area contributed by atoms with Gasteiger partial charge in [-0.05, 0) is 19.8 Å². The molecule has 1 rings (SSSR count). The van der Waals surface area contributed by atoms with Crippen molar-refractivity contribution in [1.29, 1.82) is 0 Å². The van der Waals surface area contributed by atoms with Gasteiger partial charge in [0.15, 0.2) is 5.82 Å². The Kier molecular flexibility index (Phi) is 4.28. The van der Waals surface area contributed by atoms with Gasteiger partial charge in [0.25, 0.3) is 0 Å². The van der Waals surface area contributed by atoms with Crippen LogP contribution in [0.2, 0.25) is 0 Å². The van der Waals surface area contributed by atoms with Gasteiger partial charge in [-0.25, -0.2) is 0 Å². The maximum absolute atomic E-state index is 12.0. The summed E-state index contributed by atoms with van der Waals surface area (Å²) in [5.41, 5.74) is 5.53. The minimum absolute atomic E-state index is 0.0672. The summed E-state index contributed by atoms with van der Waals surface area (Å²) in [5, 5.41) is 3.26. The quantitative estimate of drug-likeness (QED) is 0.848. The molecule has 1 atom stereocenters. The molecule has 0 bridgehead atoms. The summed E-state index contributed by atoms with van der Waals surface area (Å²) < 4.78 is 40.6. The summed E-state index contributed by atoms with van der Waals surface area (Å²) in [6.07, 6.45) is -3.48. The van der Waals surface area contributed by atoms with Crippen LogP contribution in [-0.4, -0.2) is 22.4 Å². The maximum Gasteiger partial charge on any atom is 0.396 e. The summed E-state index contributed by atoms with van der Waals surface area (Å²) >= 11 is 0. The first-order valence-corrected chi connectivity index (χ1v) is 5.00. The first kappa shape index (κ1) is 13.0. The molecule has 0 spiro atoms. The normalized spacial score (nSPS) is 14.1. The van der Waals surface area contributed by atoms with E-state index in [9.17, 15) is 13.2 Å². The lowest BCUT2D eigenvalue weighted by atomic mass is 10.1. The highest BCUT2D eigenvalue weighted by Crippen LogP contribution is 2.19. The van der Waals surface area contributed by atoms with Crippen LogP contribution in [0.1, 0.15) is 31.5 Å². The molecule has 7 heteroatoms. The predicted molar refractivity (Wildman–Crippen MR) is 50.6 cm³/mol. The van der Waals surface area contributed by atoms with E-state index in [1.807, 2.05) is 6.92 Å². The topological polar surface area (TPSA) is 64.9 Å². The van der Waals surface area contributed by atoms with E-state index in [1.165, 1.54) is 0 Å². The van der Waals surface area contributed by atoms with E-state index in [4.69, 9.17) is 10.3 Å². The lowest BCUT2D eigenvalue weighted by Gasteiger charge is -2.01. The van der Waals surface area contributed by atoms with Crippen molar-refractivity contribution in [3.63, 3.8) is 0 Å². The highest BCUT2D eigenvalue weighted by molar-refractivity contribution is 4.88. The van der Waals surface area contributed by atoms with Crippen LogP contribution in [0.5, 0.6) is 0 Å². The van der Waals surface area contributed by atoms with Crippen molar-refractivity contribution in [2.75, 3.05) is 0 Å². The molecule has 0 saturated carbocycles. The summed E-state index contributed by atoms with van der Waals surface area (Å²) in [7, 11) is 0. The number of aryl methyl sites for hydroxylation is 1. The molecular formula is C9H14F3N3O. The molecule has 0 aliphatic heterocycles. The predicted octanol–water partition coefficient (Wildman–Crippen LogP) is 1.84. The monoisotopic (exact) mass is 237 g/mol. The van der Waals surface area contributed by atoms with Gasteiger partial charge in [0.1, 0.15) is 6.42 Å². The lowest BCUT2D eigenvalue weighted by Crippen LogP contribution is -2.14. The molecule has 0 aliphatic rings. The lowest BCUT2D eigenvalue weighted by molar-refractivity contribution is -0.128. The molecule has 92 valence electrons. The van der Waals surface area contributed by atoms with E-state index in [-0.39, 0.29) is 17.8 Å². The third kappa shape index (κ3) is 5.11. The summed E-state index contributed by atoms with van der Waals surface area (Å²) in [6, 6.07) is 0.0672. The maximum atomic E-state index is 12.0. The van der Waals surface area contributed by atoms with E-state index < -0.39 is 12.6 Å². The zero-order chi connectivity index (χ0) is 12.2. The van der Waals surface area contributed by atoms with Crippen LogP contribution in [0, 0.1) is 0 Å². The Morgan fingerprint density at radius 3 is 2.69 bits per heavy atom. The molecule has 0 fully saturated rings. The Balaban J connectivity index is 2.40. The van der Waals surface area contributed by atoms with E-state index >= 15 is 0 Å². The minimum Gasteiger partial charge on any atom is -0.339 e. The molecule has 4 nitrogen and oxygen atoms in total. The Labute approximate surface area is 91.0 Å². The van der Waals surface area contributed by atoms with Crippen LogP contribution in [0.25, 0.3) is 0 Å². The van der Waals surface area contributed by atoms with Gasteiger partial charge >= 0.3 is 6.18 Å². The average Bonchev–Trinajstić information content (AvgIpc) is 2.48. The van der Waals surface area contributed by atoms with Gasteiger partial charge in [-0.15, -0.1) is 0 Å². The van der Waals surface area contributed by atoms with Gasteiger partial charge in [-0.3, -0.25) is 0 Å². The molecule has 16 heavy (non-hydrogen) atoms. The van der Waals surface area contributed by atoms with Crippen LogP contribution in [0.4, 0.5) is 13.2 Å². The Morgan fingerprint density at radius 2 is 2.12 bits per heavy atom. The summed E-state index contributed by atoms with van der Waals surface area (Å²) in [6.45, 7) is 1.86. The average molecular weight is 237 g/mol. The number of halogens is 3. The molecule has 2 N–H and O–H groups in total. The molecule has 0 aromatic carbocycles. The summed E-state index contributed by atoms with van der Waals surface area (Å²) in [4.78, 5) is 3.65. The molecule has 1 heterocycles. The van der Waals surface area contributed by atoms with Crippen molar-refractivity contribution in [3.05, 3.63) is 11.7 Å². The number of hydrogen-bond donors (Lipinski definition) is 1. The van der Waals surface area contributed by atoms with Crippen LogP contribution >= 0.6 is 0 Å². The molecule has 1 aromatic rings. The fourth-order valence-corrected chi connectivity index (χ4v) is 1.22. The third-order valence-electron chi connectivity index (χ3n) is 1.92. The van der Waals surface area contributed by atoms with Gasteiger partial charge in [0.2, 0.25) is 5.89 Å². The molecule has 0 amide bonds. The van der Waals surface area contributed by atoms with Gasteiger partial charge in [0, 0.05) is 12.5 Å². The summed E-state index contributed by atoms with van der Waals surface area (Å²) in [5.74, 6) is -0.0804.